The monoisotopic (exact) mass is 287 g/mol. The Morgan fingerprint density at radius 3 is 2.48 bits per heavy atom. The predicted octanol–water partition coefficient (Wildman–Crippen LogP) is 3.07. The molecule has 0 bridgehead atoms. The maximum atomic E-state index is 12.3. The number of piperidine rings is 1. The Hall–Kier alpha value is -1.55. The van der Waals surface area contributed by atoms with E-state index in [1.54, 1.807) is 0 Å². The van der Waals surface area contributed by atoms with Gasteiger partial charge in [0.05, 0.1) is 11.0 Å². The minimum Gasteiger partial charge on any atom is -0.306 e. The highest BCUT2D eigenvalue weighted by Gasteiger charge is 2.28. The van der Waals surface area contributed by atoms with Crippen molar-refractivity contribution in [2.24, 2.45) is 0 Å². The molecule has 0 atom stereocenters. The molecule has 21 heavy (non-hydrogen) atoms. The molecule has 1 aromatic heterocycles. The van der Waals surface area contributed by atoms with Gasteiger partial charge in [-0.15, -0.1) is 0 Å². The molecule has 4 heteroatoms. The van der Waals surface area contributed by atoms with Gasteiger partial charge in [-0.3, -0.25) is 9.47 Å². The number of nitrogens with zero attached hydrogens (tertiary/aromatic N) is 2. The SMILES string of the molecule is Cc1ccc2c(c1)[nH]c(=O)n2C1CCN(C(C)(C)C)CC1. The number of imidazole rings is 1. The lowest BCUT2D eigenvalue weighted by atomic mass is 9.98. The van der Waals surface area contributed by atoms with Crippen molar-refractivity contribution in [2.75, 3.05) is 13.1 Å². The number of H-pyrrole nitrogens is 1. The molecule has 2 aromatic rings. The van der Waals surface area contributed by atoms with Gasteiger partial charge in [-0.1, -0.05) is 6.07 Å². The minimum absolute atomic E-state index is 0.0322. The molecule has 0 spiro atoms. The van der Waals surface area contributed by atoms with Gasteiger partial charge in [-0.2, -0.15) is 0 Å². The lowest BCUT2D eigenvalue weighted by Crippen LogP contribution is -2.47. The van der Waals surface area contributed by atoms with Crippen LogP contribution in [-0.2, 0) is 0 Å². The van der Waals surface area contributed by atoms with E-state index in [1.807, 2.05) is 4.57 Å². The average Bonchev–Trinajstić information content (AvgIpc) is 2.73. The van der Waals surface area contributed by atoms with Crippen LogP contribution >= 0.6 is 0 Å². The molecule has 1 aromatic carbocycles. The van der Waals surface area contributed by atoms with E-state index in [-0.39, 0.29) is 11.2 Å². The summed E-state index contributed by atoms with van der Waals surface area (Å²) in [5.74, 6) is 0. The molecule has 3 rings (SSSR count). The molecule has 1 aliphatic rings. The summed E-state index contributed by atoms with van der Waals surface area (Å²) in [5, 5.41) is 0. The molecule has 1 saturated heterocycles. The zero-order valence-corrected chi connectivity index (χ0v) is 13.4. The van der Waals surface area contributed by atoms with Crippen molar-refractivity contribution in [3.05, 3.63) is 34.2 Å². The molecule has 0 radical (unpaired) electrons. The van der Waals surface area contributed by atoms with Crippen molar-refractivity contribution < 1.29 is 0 Å². The predicted molar refractivity (Wildman–Crippen MR) is 86.9 cm³/mol. The minimum atomic E-state index is 0.0322. The van der Waals surface area contributed by atoms with Crippen LogP contribution in [0.2, 0.25) is 0 Å². The molecule has 114 valence electrons. The van der Waals surface area contributed by atoms with Gasteiger partial charge in [0.25, 0.3) is 0 Å². The van der Waals surface area contributed by atoms with Crippen LogP contribution in [0.3, 0.4) is 0 Å². The standard InChI is InChI=1S/C17H25N3O/c1-12-5-6-15-14(11-12)18-16(21)20(15)13-7-9-19(10-8-13)17(2,3)4/h5-6,11,13H,7-10H2,1-4H3,(H,18,21). The van der Waals surface area contributed by atoms with E-state index < -0.39 is 0 Å². The van der Waals surface area contributed by atoms with Crippen molar-refractivity contribution in [1.29, 1.82) is 0 Å². The van der Waals surface area contributed by atoms with E-state index in [9.17, 15) is 4.79 Å². The van der Waals surface area contributed by atoms with Gasteiger partial charge < -0.3 is 4.98 Å². The molecule has 0 amide bonds. The summed E-state index contributed by atoms with van der Waals surface area (Å²) in [5.41, 5.74) is 3.43. The Kier molecular flexibility index (Phi) is 3.44. The Morgan fingerprint density at radius 2 is 1.86 bits per heavy atom. The first-order valence-corrected chi connectivity index (χ1v) is 7.82. The van der Waals surface area contributed by atoms with Gasteiger partial charge in [-0.05, 0) is 58.2 Å². The third-order valence-electron chi connectivity index (χ3n) is 4.65. The Morgan fingerprint density at radius 1 is 1.19 bits per heavy atom. The number of hydrogen-bond donors (Lipinski definition) is 1. The van der Waals surface area contributed by atoms with Crippen molar-refractivity contribution in [3.8, 4) is 0 Å². The summed E-state index contributed by atoms with van der Waals surface area (Å²) in [4.78, 5) is 17.8. The Balaban J connectivity index is 1.89. The number of nitrogens with one attached hydrogen (secondary N) is 1. The highest BCUT2D eigenvalue weighted by atomic mass is 16.1. The van der Waals surface area contributed by atoms with E-state index in [4.69, 9.17) is 0 Å². The molecule has 0 saturated carbocycles. The van der Waals surface area contributed by atoms with Crippen LogP contribution in [0, 0.1) is 6.92 Å². The lowest BCUT2D eigenvalue weighted by molar-refractivity contribution is 0.0900. The van der Waals surface area contributed by atoms with Crippen molar-refractivity contribution in [1.82, 2.24) is 14.5 Å². The van der Waals surface area contributed by atoms with Crippen LogP contribution in [0.15, 0.2) is 23.0 Å². The maximum absolute atomic E-state index is 12.3. The highest BCUT2D eigenvalue weighted by molar-refractivity contribution is 5.76. The molecule has 0 unspecified atom stereocenters. The topological polar surface area (TPSA) is 41.0 Å². The number of likely N-dealkylation sites (tertiary alicyclic amines) is 1. The maximum Gasteiger partial charge on any atom is 0.326 e. The number of aromatic amines is 1. The van der Waals surface area contributed by atoms with Gasteiger partial charge >= 0.3 is 5.69 Å². The Labute approximate surface area is 125 Å². The molecule has 1 fully saturated rings. The van der Waals surface area contributed by atoms with Crippen LogP contribution in [0.25, 0.3) is 11.0 Å². The second-order valence-electron chi connectivity index (χ2n) is 7.21. The third-order valence-corrected chi connectivity index (χ3v) is 4.65. The number of aromatic nitrogens is 2. The molecule has 0 aliphatic carbocycles. The van der Waals surface area contributed by atoms with Crippen LogP contribution < -0.4 is 5.69 Å². The van der Waals surface area contributed by atoms with E-state index in [2.05, 4.69) is 55.8 Å². The first-order valence-electron chi connectivity index (χ1n) is 7.82. The van der Waals surface area contributed by atoms with E-state index in [0.717, 1.165) is 37.0 Å². The van der Waals surface area contributed by atoms with Crippen LogP contribution in [-0.4, -0.2) is 33.1 Å². The first kappa shape index (κ1) is 14.4. The zero-order chi connectivity index (χ0) is 15.2. The number of rotatable bonds is 1. The summed E-state index contributed by atoms with van der Waals surface area (Å²) in [6.45, 7) is 10.9. The van der Waals surface area contributed by atoms with Crippen molar-refractivity contribution in [2.45, 2.75) is 52.1 Å². The van der Waals surface area contributed by atoms with Gasteiger partial charge in [-0.25, -0.2) is 4.79 Å². The fraction of sp³-hybridized carbons (Fsp3) is 0.588. The first-order chi connectivity index (χ1) is 9.86. The number of fused-ring (bicyclic) bond motifs is 1. The van der Waals surface area contributed by atoms with Gasteiger partial charge in [0, 0.05) is 24.7 Å². The van der Waals surface area contributed by atoms with E-state index in [0.29, 0.717) is 6.04 Å². The summed E-state index contributed by atoms with van der Waals surface area (Å²) >= 11 is 0. The van der Waals surface area contributed by atoms with E-state index in [1.165, 1.54) is 5.56 Å². The fourth-order valence-corrected chi connectivity index (χ4v) is 3.40. The van der Waals surface area contributed by atoms with Crippen molar-refractivity contribution >= 4 is 11.0 Å². The molecule has 1 N–H and O–H groups in total. The molecule has 1 aliphatic heterocycles. The van der Waals surface area contributed by atoms with Crippen LogP contribution in [0.1, 0.15) is 45.2 Å². The van der Waals surface area contributed by atoms with Gasteiger partial charge in [0.1, 0.15) is 0 Å². The second-order valence-corrected chi connectivity index (χ2v) is 7.21. The van der Waals surface area contributed by atoms with Gasteiger partial charge in [0.15, 0.2) is 0 Å². The molecule has 2 heterocycles. The quantitative estimate of drug-likeness (QED) is 0.875. The lowest BCUT2D eigenvalue weighted by Gasteiger charge is -2.41. The molecular formula is C17H25N3O. The number of benzene rings is 1. The number of aryl methyl sites for hydroxylation is 1. The molecular weight excluding hydrogens is 262 g/mol. The summed E-state index contributed by atoms with van der Waals surface area (Å²) in [7, 11) is 0. The van der Waals surface area contributed by atoms with E-state index >= 15 is 0 Å². The summed E-state index contributed by atoms with van der Waals surface area (Å²) in [6.07, 6.45) is 2.08. The Bertz CT molecular complexity index is 697. The summed E-state index contributed by atoms with van der Waals surface area (Å²) in [6, 6.07) is 6.51. The smallest absolute Gasteiger partial charge is 0.306 e. The highest BCUT2D eigenvalue weighted by Crippen LogP contribution is 2.28. The van der Waals surface area contributed by atoms with Gasteiger partial charge in [0.2, 0.25) is 0 Å². The second kappa shape index (κ2) is 5.02. The largest absolute Gasteiger partial charge is 0.326 e. The molecule has 4 nitrogen and oxygen atoms in total. The van der Waals surface area contributed by atoms with Crippen LogP contribution in [0.5, 0.6) is 0 Å². The number of hydrogen-bond acceptors (Lipinski definition) is 2. The third kappa shape index (κ3) is 2.64. The normalized spacial score (nSPS) is 18.5. The fourth-order valence-electron chi connectivity index (χ4n) is 3.40. The van der Waals surface area contributed by atoms with Crippen molar-refractivity contribution in [3.63, 3.8) is 0 Å². The zero-order valence-electron chi connectivity index (χ0n) is 13.4. The average molecular weight is 287 g/mol. The van der Waals surface area contributed by atoms with Crippen LogP contribution in [0.4, 0.5) is 0 Å². The summed E-state index contributed by atoms with van der Waals surface area (Å²) < 4.78 is 1.97.